The summed E-state index contributed by atoms with van der Waals surface area (Å²) in [6.07, 6.45) is 4.61. The van der Waals surface area contributed by atoms with Crippen LogP contribution in [0.1, 0.15) is 17.9 Å². The molecule has 0 saturated carbocycles. The number of pyridine rings is 1. The number of hydrogen-bond acceptors (Lipinski definition) is 3. The van der Waals surface area contributed by atoms with Crippen LogP contribution in [0.4, 0.5) is 0 Å². The Bertz CT molecular complexity index is 280. The molecule has 0 radical (unpaired) electrons. The van der Waals surface area contributed by atoms with Crippen molar-refractivity contribution in [2.75, 3.05) is 13.2 Å². The van der Waals surface area contributed by atoms with E-state index in [9.17, 15) is 0 Å². The van der Waals surface area contributed by atoms with Gasteiger partial charge >= 0.3 is 0 Å². The molecule has 0 fully saturated rings. The van der Waals surface area contributed by atoms with E-state index in [-0.39, 0.29) is 12.4 Å². The second-order valence-corrected chi connectivity index (χ2v) is 2.98. The molecule has 1 aromatic rings. The Morgan fingerprint density at radius 2 is 2.46 bits per heavy atom. The molecule has 4 heteroatoms. The highest BCUT2D eigenvalue weighted by atomic mass is 35.5. The van der Waals surface area contributed by atoms with Crippen molar-refractivity contribution in [3.63, 3.8) is 0 Å². The zero-order valence-electron chi connectivity index (χ0n) is 7.27. The van der Waals surface area contributed by atoms with E-state index < -0.39 is 0 Å². The summed E-state index contributed by atoms with van der Waals surface area (Å²) in [5.41, 5.74) is 6.79. The molecule has 2 heterocycles. The van der Waals surface area contributed by atoms with Gasteiger partial charge in [-0.05, 0) is 19.0 Å². The van der Waals surface area contributed by atoms with E-state index >= 15 is 0 Å². The van der Waals surface area contributed by atoms with Crippen LogP contribution in [0.15, 0.2) is 18.5 Å². The van der Waals surface area contributed by atoms with E-state index in [4.69, 9.17) is 10.5 Å². The molecule has 0 spiro atoms. The first-order valence-electron chi connectivity index (χ1n) is 4.18. The van der Waals surface area contributed by atoms with Gasteiger partial charge in [0.25, 0.3) is 0 Å². The van der Waals surface area contributed by atoms with E-state index in [1.54, 1.807) is 6.20 Å². The fraction of sp³-hybridized carbons (Fsp3) is 0.444. The average Bonchev–Trinajstić information content (AvgIpc) is 2.17. The number of rotatable bonds is 1. The number of halogens is 1. The normalized spacial score (nSPS) is 19.6. The van der Waals surface area contributed by atoms with Gasteiger partial charge in [0.15, 0.2) is 0 Å². The molecule has 0 aliphatic carbocycles. The van der Waals surface area contributed by atoms with Gasteiger partial charge in [-0.2, -0.15) is 0 Å². The fourth-order valence-corrected chi connectivity index (χ4v) is 1.54. The third kappa shape index (κ3) is 1.92. The number of aromatic nitrogens is 1. The Kier molecular flexibility index (Phi) is 3.51. The fourth-order valence-electron chi connectivity index (χ4n) is 1.54. The Balaban J connectivity index is 0.000000845. The van der Waals surface area contributed by atoms with E-state index in [2.05, 4.69) is 4.98 Å². The highest BCUT2D eigenvalue weighted by Gasteiger charge is 2.19. The van der Waals surface area contributed by atoms with E-state index in [1.165, 1.54) is 0 Å². The van der Waals surface area contributed by atoms with Gasteiger partial charge in [0, 0.05) is 23.9 Å². The monoisotopic (exact) mass is 200 g/mol. The first kappa shape index (κ1) is 10.3. The molecule has 1 atom stereocenters. The maximum absolute atomic E-state index is 5.63. The molecule has 2 rings (SSSR count). The van der Waals surface area contributed by atoms with Crippen LogP contribution in [-0.2, 0) is 0 Å². The Morgan fingerprint density at radius 1 is 1.62 bits per heavy atom. The van der Waals surface area contributed by atoms with Crippen molar-refractivity contribution < 1.29 is 4.74 Å². The zero-order chi connectivity index (χ0) is 8.39. The maximum Gasteiger partial charge on any atom is 0.125 e. The van der Waals surface area contributed by atoms with Gasteiger partial charge in [-0.1, -0.05) is 0 Å². The van der Waals surface area contributed by atoms with E-state index in [1.807, 2.05) is 12.3 Å². The van der Waals surface area contributed by atoms with Crippen LogP contribution in [0.3, 0.4) is 0 Å². The first-order valence-corrected chi connectivity index (χ1v) is 4.18. The first-order chi connectivity index (χ1) is 5.92. The van der Waals surface area contributed by atoms with Crippen LogP contribution in [-0.4, -0.2) is 18.1 Å². The van der Waals surface area contributed by atoms with Gasteiger partial charge in [0.1, 0.15) is 5.75 Å². The summed E-state index contributed by atoms with van der Waals surface area (Å²) in [7, 11) is 0. The van der Waals surface area contributed by atoms with Gasteiger partial charge in [0.05, 0.1) is 6.61 Å². The molecule has 1 unspecified atom stereocenters. The minimum atomic E-state index is 0. The molecule has 0 amide bonds. The lowest BCUT2D eigenvalue weighted by atomic mass is 9.95. The second kappa shape index (κ2) is 4.44. The molecular weight excluding hydrogens is 188 g/mol. The minimum Gasteiger partial charge on any atom is -0.493 e. The Labute approximate surface area is 83.7 Å². The summed E-state index contributed by atoms with van der Waals surface area (Å²) in [5, 5.41) is 0. The van der Waals surface area contributed by atoms with Crippen LogP contribution in [0.25, 0.3) is 0 Å². The lowest BCUT2D eigenvalue weighted by molar-refractivity contribution is 0.268. The standard InChI is InChI=1S/C9H12N2O.ClH/c10-5-7-2-4-12-9-1-3-11-6-8(7)9;/h1,3,6-7H,2,4-5,10H2;1H. The molecule has 2 N–H and O–H groups in total. The van der Waals surface area contributed by atoms with Gasteiger partial charge in [0.2, 0.25) is 0 Å². The molecular formula is C9H13ClN2O. The van der Waals surface area contributed by atoms with Crippen LogP contribution < -0.4 is 10.5 Å². The summed E-state index contributed by atoms with van der Waals surface area (Å²) in [6.45, 7) is 1.46. The number of nitrogens with two attached hydrogens (primary N) is 1. The molecule has 0 saturated heterocycles. The van der Waals surface area contributed by atoms with Gasteiger partial charge < -0.3 is 10.5 Å². The van der Waals surface area contributed by atoms with Crippen molar-refractivity contribution in [1.82, 2.24) is 4.98 Å². The smallest absolute Gasteiger partial charge is 0.125 e. The zero-order valence-corrected chi connectivity index (χ0v) is 8.09. The second-order valence-electron chi connectivity index (χ2n) is 2.98. The van der Waals surface area contributed by atoms with Crippen LogP contribution in [0, 0.1) is 0 Å². The summed E-state index contributed by atoms with van der Waals surface area (Å²) in [6, 6.07) is 1.90. The van der Waals surface area contributed by atoms with Gasteiger partial charge in [-0.3, -0.25) is 4.98 Å². The Hall–Kier alpha value is -0.800. The molecule has 1 aliphatic rings. The average molecular weight is 201 g/mol. The predicted molar refractivity (Wildman–Crippen MR) is 53.4 cm³/mol. The van der Waals surface area contributed by atoms with Gasteiger partial charge in [-0.25, -0.2) is 0 Å². The van der Waals surface area contributed by atoms with E-state index in [0.717, 1.165) is 24.3 Å². The van der Waals surface area contributed by atoms with Crippen molar-refractivity contribution in [3.8, 4) is 5.75 Å². The Morgan fingerprint density at radius 3 is 3.23 bits per heavy atom. The largest absolute Gasteiger partial charge is 0.493 e. The highest BCUT2D eigenvalue weighted by molar-refractivity contribution is 5.85. The number of nitrogens with zero attached hydrogens (tertiary/aromatic N) is 1. The molecule has 3 nitrogen and oxygen atoms in total. The molecule has 0 aromatic carbocycles. The van der Waals surface area contributed by atoms with Crippen LogP contribution >= 0.6 is 12.4 Å². The third-order valence-corrected chi connectivity index (χ3v) is 2.26. The topological polar surface area (TPSA) is 48.1 Å². The summed E-state index contributed by atoms with van der Waals surface area (Å²) in [4.78, 5) is 4.06. The number of fused-ring (bicyclic) bond motifs is 1. The molecule has 1 aromatic heterocycles. The molecule has 13 heavy (non-hydrogen) atoms. The van der Waals surface area contributed by atoms with Crippen molar-refractivity contribution >= 4 is 12.4 Å². The van der Waals surface area contributed by atoms with Gasteiger partial charge in [-0.15, -0.1) is 12.4 Å². The lowest BCUT2D eigenvalue weighted by Gasteiger charge is -2.23. The molecule has 72 valence electrons. The summed E-state index contributed by atoms with van der Waals surface area (Å²) < 4.78 is 5.46. The van der Waals surface area contributed by atoms with Crippen molar-refractivity contribution in [2.24, 2.45) is 5.73 Å². The van der Waals surface area contributed by atoms with Crippen LogP contribution in [0.2, 0.25) is 0 Å². The third-order valence-electron chi connectivity index (χ3n) is 2.26. The van der Waals surface area contributed by atoms with Crippen molar-refractivity contribution in [2.45, 2.75) is 12.3 Å². The maximum atomic E-state index is 5.63. The highest BCUT2D eigenvalue weighted by Crippen LogP contribution is 2.31. The SMILES string of the molecule is Cl.NCC1CCOc2ccncc21. The summed E-state index contributed by atoms with van der Waals surface area (Å²) in [5.74, 6) is 1.38. The number of hydrogen-bond donors (Lipinski definition) is 1. The van der Waals surface area contributed by atoms with E-state index in [0.29, 0.717) is 12.5 Å². The summed E-state index contributed by atoms with van der Waals surface area (Å²) >= 11 is 0. The minimum absolute atomic E-state index is 0. The van der Waals surface area contributed by atoms with Crippen molar-refractivity contribution in [3.05, 3.63) is 24.0 Å². The molecule has 0 bridgehead atoms. The quantitative estimate of drug-likeness (QED) is 0.744. The number of ether oxygens (including phenoxy) is 1. The lowest BCUT2D eigenvalue weighted by Crippen LogP contribution is -2.20. The van der Waals surface area contributed by atoms with Crippen LogP contribution in [0.5, 0.6) is 5.75 Å². The predicted octanol–water partition coefficient (Wildman–Crippen LogP) is 1.33. The molecule has 1 aliphatic heterocycles. The van der Waals surface area contributed by atoms with Crippen molar-refractivity contribution in [1.29, 1.82) is 0 Å².